The van der Waals surface area contributed by atoms with Gasteiger partial charge in [-0.25, -0.2) is 5.09 Å². The number of hydrogen-bond donors (Lipinski definition) is 3. The monoisotopic (exact) mass is 355 g/mol. The zero-order valence-corrected chi connectivity index (χ0v) is 14.3. The standard InChI is InChI=1S/C19H18NO4P/c21-19(22)18(17-12-6-10-15-9-4-5-11-16(15)17)20-25(23,24)13-14-7-2-1-3-8-14/h1-12,18H,13H2,(H,21,22)(H2,20,23,24). The predicted octanol–water partition coefficient (Wildman–Crippen LogP) is 3.94. The predicted molar refractivity (Wildman–Crippen MR) is 97.4 cm³/mol. The van der Waals surface area contributed by atoms with Gasteiger partial charge in [0, 0.05) is 0 Å². The fraction of sp³-hybridized carbons (Fsp3) is 0.105. The van der Waals surface area contributed by atoms with Crippen molar-refractivity contribution in [2.24, 2.45) is 0 Å². The quantitative estimate of drug-likeness (QED) is 0.583. The summed E-state index contributed by atoms with van der Waals surface area (Å²) in [5.41, 5.74) is 1.14. The van der Waals surface area contributed by atoms with Gasteiger partial charge in [0.15, 0.2) is 0 Å². The van der Waals surface area contributed by atoms with Crippen LogP contribution in [0.4, 0.5) is 0 Å². The lowest BCUT2D eigenvalue weighted by atomic mass is 9.99. The van der Waals surface area contributed by atoms with Crippen LogP contribution in [0.1, 0.15) is 17.2 Å². The van der Waals surface area contributed by atoms with E-state index in [-0.39, 0.29) is 6.16 Å². The highest BCUT2D eigenvalue weighted by atomic mass is 31.2. The van der Waals surface area contributed by atoms with Gasteiger partial charge in [0.2, 0.25) is 0 Å². The van der Waals surface area contributed by atoms with Crippen LogP contribution in [0.2, 0.25) is 0 Å². The van der Waals surface area contributed by atoms with Gasteiger partial charge in [0.25, 0.3) is 7.52 Å². The molecule has 0 amide bonds. The van der Waals surface area contributed by atoms with Gasteiger partial charge in [-0.2, -0.15) is 0 Å². The van der Waals surface area contributed by atoms with E-state index < -0.39 is 19.5 Å². The third-order valence-electron chi connectivity index (χ3n) is 3.95. The molecule has 0 fully saturated rings. The average molecular weight is 355 g/mol. The third kappa shape index (κ3) is 4.15. The topological polar surface area (TPSA) is 86.6 Å². The van der Waals surface area contributed by atoms with Crippen LogP contribution >= 0.6 is 7.52 Å². The Morgan fingerprint density at radius 2 is 1.60 bits per heavy atom. The van der Waals surface area contributed by atoms with Crippen molar-refractivity contribution >= 4 is 24.3 Å². The maximum atomic E-state index is 12.6. The van der Waals surface area contributed by atoms with Gasteiger partial charge >= 0.3 is 5.97 Å². The summed E-state index contributed by atoms with van der Waals surface area (Å²) in [5, 5.41) is 13.7. The first-order valence-electron chi connectivity index (χ1n) is 7.80. The summed E-state index contributed by atoms with van der Waals surface area (Å²) in [4.78, 5) is 22.1. The maximum absolute atomic E-state index is 12.6. The van der Waals surface area contributed by atoms with Crippen molar-refractivity contribution in [1.82, 2.24) is 5.09 Å². The lowest BCUT2D eigenvalue weighted by Crippen LogP contribution is -2.27. The number of rotatable bonds is 6. The Kier molecular flexibility index (Phi) is 5.00. The summed E-state index contributed by atoms with van der Waals surface area (Å²) in [6, 6.07) is 20.2. The second-order valence-electron chi connectivity index (χ2n) is 5.81. The molecule has 2 atom stereocenters. The Labute approximate surface area is 145 Å². The number of fused-ring (bicyclic) bond motifs is 1. The van der Waals surface area contributed by atoms with E-state index >= 15 is 0 Å². The van der Waals surface area contributed by atoms with E-state index in [1.807, 2.05) is 36.4 Å². The van der Waals surface area contributed by atoms with Gasteiger partial charge in [-0.05, 0) is 21.9 Å². The number of carbonyl (C=O) groups is 1. The molecule has 0 saturated heterocycles. The van der Waals surface area contributed by atoms with E-state index in [9.17, 15) is 19.4 Å². The highest BCUT2D eigenvalue weighted by molar-refractivity contribution is 7.55. The number of carboxylic acid groups (broad SMARTS) is 1. The summed E-state index contributed by atoms with van der Waals surface area (Å²) >= 11 is 0. The van der Waals surface area contributed by atoms with Crippen LogP contribution < -0.4 is 5.09 Å². The molecule has 3 N–H and O–H groups in total. The third-order valence-corrected chi connectivity index (χ3v) is 5.41. The number of benzene rings is 3. The van der Waals surface area contributed by atoms with Gasteiger partial charge < -0.3 is 10.00 Å². The number of aliphatic carboxylic acids is 1. The van der Waals surface area contributed by atoms with Crippen LogP contribution in [0.25, 0.3) is 10.8 Å². The zero-order valence-electron chi connectivity index (χ0n) is 13.4. The first-order valence-corrected chi connectivity index (χ1v) is 9.65. The van der Waals surface area contributed by atoms with Gasteiger partial charge in [-0.3, -0.25) is 9.36 Å². The van der Waals surface area contributed by atoms with Crippen molar-refractivity contribution < 1.29 is 19.4 Å². The van der Waals surface area contributed by atoms with Crippen LogP contribution in [0, 0.1) is 0 Å². The molecule has 0 heterocycles. The average Bonchev–Trinajstić information content (AvgIpc) is 2.59. The molecule has 0 bridgehead atoms. The molecule has 25 heavy (non-hydrogen) atoms. The van der Waals surface area contributed by atoms with Crippen molar-refractivity contribution in [2.75, 3.05) is 0 Å². The Hall–Kier alpha value is -2.46. The van der Waals surface area contributed by atoms with Crippen LogP contribution in [-0.4, -0.2) is 16.0 Å². The SMILES string of the molecule is O=C(O)C(NP(=O)(O)Cc1ccccc1)c1cccc2ccccc12. The van der Waals surface area contributed by atoms with Crippen molar-refractivity contribution in [3.05, 3.63) is 83.9 Å². The van der Waals surface area contributed by atoms with Crippen molar-refractivity contribution in [2.45, 2.75) is 12.2 Å². The minimum Gasteiger partial charge on any atom is -0.480 e. The van der Waals surface area contributed by atoms with Crippen LogP contribution in [0.3, 0.4) is 0 Å². The van der Waals surface area contributed by atoms with Crippen molar-refractivity contribution in [1.29, 1.82) is 0 Å². The molecule has 0 saturated carbocycles. The number of nitrogens with one attached hydrogen (secondary N) is 1. The van der Waals surface area contributed by atoms with E-state index in [0.717, 1.165) is 10.8 Å². The first-order chi connectivity index (χ1) is 12.0. The normalized spacial score (nSPS) is 14.8. The van der Waals surface area contributed by atoms with Crippen molar-refractivity contribution in [3.63, 3.8) is 0 Å². The van der Waals surface area contributed by atoms with Gasteiger partial charge in [0.1, 0.15) is 6.04 Å². The zero-order chi connectivity index (χ0) is 17.9. The molecule has 6 heteroatoms. The molecule has 0 radical (unpaired) electrons. The summed E-state index contributed by atoms with van der Waals surface area (Å²) in [6.45, 7) is 0. The molecular weight excluding hydrogens is 337 g/mol. The molecule has 5 nitrogen and oxygen atoms in total. The summed E-state index contributed by atoms with van der Waals surface area (Å²) in [5.74, 6) is -1.20. The highest BCUT2D eigenvalue weighted by Gasteiger charge is 2.30. The van der Waals surface area contributed by atoms with E-state index in [0.29, 0.717) is 11.1 Å². The molecular formula is C19H18NO4P. The Morgan fingerprint density at radius 1 is 0.960 bits per heavy atom. The van der Waals surface area contributed by atoms with Gasteiger partial charge in [-0.15, -0.1) is 0 Å². The Morgan fingerprint density at radius 3 is 2.32 bits per heavy atom. The number of carboxylic acids is 1. The van der Waals surface area contributed by atoms with Crippen LogP contribution in [-0.2, 0) is 15.5 Å². The molecule has 0 aliphatic rings. The van der Waals surface area contributed by atoms with E-state index in [2.05, 4.69) is 5.09 Å². The van der Waals surface area contributed by atoms with Crippen LogP contribution in [0.5, 0.6) is 0 Å². The van der Waals surface area contributed by atoms with E-state index in [1.165, 1.54) is 0 Å². The Balaban J connectivity index is 1.93. The molecule has 0 aliphatic heterocycles. The van der Waals surface area contributed by atoms with Crippen LogP contribution in [0.15, 0.2) is 72.8 Å². The van der Waals surface area contributed by atoms with E-state index in [4.69, 9.17) is 0 Å². The molecule has 3 aromatic carbocycles. The van der Waals surface area contributed by atoms with Gasteiger partial charge in [0.05, 0.1) is 6.16 Å². The lowest BCUT2D eigenvalue weighted by Gasteiger charge is -2.21. The van der Waals surface area contributed by atoms with Gasteiger partial charge in [-0.1, -0.05) is 72.8 Å². The second-order valence-corrected chi connectivity index (χ2v) is 7.79. The fourth-order valence-corrected chi connectivity index (χ4v) is 4.29. The smallest absolute Gasteiger partial charge is 0.325 e. The highest BCUT2D eigenvalue weighted by Crippen LogP contribution is 2.43. The molecule has 0 aliphatic carbocycles. The summed E-state index contributed by atoms with van der Waals surface area (Å²) in [7, 11) is -3.90. The minimum absolute atomic E-state index is 0.137. The minimum atomic E-state index is -3.90. The molecule has 3 aromatic rings. The second kappa shape index (κ2) is 7.19. The first kappa shape index (κ1) is 17.4. The summed E-state index contributed by atoms with van der Waals surface area (Å²) < 4.78 is 12.6. The molecule has 2 unspecified atom stereocenters. The maximum Gasteiger partial charge on any atom is 0.325 e. The van der Waals surface area contributed by atoms with E-state index in [1.54, 1.807) is 36.4 Å². The van der Waals surface area contributed by atoms with Crippen molar-refractivity contribution in [3.8, 4) is 0 Å². The largest absolute Gasteiger partial charge is 0.480 e. The Bertz CT molecular complexity index is 937. The molecule has 0 spiro atoms. The fourth-order valence-electron chi connectivity index (χ4n) is 2.84. The summed E-state index contributed by atoms with van der Waals surface area (Å²) in [6.07, 6.45) is -0.137. The lowest BCUT2D eigenvalue weighted by molar-refractivity contribution is -0.139. The molecule has 128 valence electrons. The molecule has 3 rings (SSSR count). The molecule has 0 aromatic heterocycles. The number of hydrogen-bond acceptors (Lipinski definition) is 2.